The molecule has 0 N–H and O–H groups in total. The molecule has 0 bridgehead atoms. The van der Waals surface area contributed by atoms with E-state index in [2.05, 4.69) is 62.4 Å². The summed E-state index contributed by atoms with van der Waals surface area (Å²) in [4.78, 5) is 0. The number of benzene rings is 2. The third kappa shape index (κ3) is 39.4. The first-order valence-corrected chi connectivity index (χ1v) is 29.4. The molecule has 316 valence electrons. The summed E-state index contributed by atoms with van der Waals surface area (Å²) in [5.74, 6) is 2.03. The standard InChI is InChI=1S/C44H74IO2.6FH.Sb/c1-3-5-7-9-11-13-15-17-19-21-23-25-27-29-39-46-43-35-31-41(32-36-43)45-42-33-37-44(38-34-42)47-40-30-28-26-24-22-20-18-16-14-12-10-8-6-4-2;;;;;;;/h31-38H,3-30,39-40H2,1-2H3;6*1H;/q+1;;;;;;;+5/p-6. The maximum atomic E-state index is 9.93. The summed E-state index contributed by atoms with van der Waals surface area (Å²) in [6.45, 7) is 6.27. The third-order valence-corrected chi connectivity index (χ3v) is 12.1. The van der Waals surface area contributed by atoms with Gasteiger partial charge in [0.1, 0.15) is 11.5 Å². The molecule has 0 saturated carbocycles. The van der Waals surface area contributed by atoms with E-state index in [0.29, 0.717) is 0 Å². The molecule has 0 aliphatic rings. The van der Waals surface area contributed by atoms with E-state index < -0.39 is 19.5 Å². The van der Waals surface area contributed by atoms with Gasteiger partial charge in [0.2, 0.25) is 0 Å². The van der Waals surface area contributed by atoms with Gasteiger partial charge in [-0.05, 0) is 61.4 Å². The number of hydrogen-bond donors (Lipinski definition) is 0. The van der Waals surface area contributed by atoms with E-state index in [-0.39, 0.29) is 21.2 Å². The molecule has 54 heavy (non-hydrogen) atoms. The van der Waals surface area contributed by atoms with Gasteiger partial charge >= 0.3 is 57.6 Å². The summed E-state index contributed by atoms with van der Waals surface area (Å²) in [6, 6.07) is 17.7. The first-order chi connectivity index (χ1) is 25.8. The van der Waals surface area contributed by atoms with Crippen molar-refractivity contribution in [2.24, 2.45) is 0 Å². The Morgan fingerprint density at radius 3 is 0.778 bits per heavy atom. The Labute approximate surface area is 338 Å². The molecule has 2 aromatic carbocycles. The van der Waals surface area contributed by atoms with E-state index in [4.69, 9.17) is 9.47 Å². The molecule has 0 unspecified atom stereocenters. The molecule has 0 aliphatic carbocycles. The summed E-state index contributed by atoms with van der Waals surface area (Å²) < 4.78 is 74.5. The number of unbranched alkanes of at least 4 members (excludes halogenated alkanes) is 26. The number of halogens is 7. The zero-order valence-electron chi connectivity index (χ0n) is 33.7. The van der Waals surface area contributed by atoms with Crippen LogP contribution < -0.4 is 30.7 Å². The number of hydrogen-bond acceptors (Lipinski definition) is 2. The van der Waals surface area contributed by atoms with Crippen LogP contribution in [0.1, 0.15) is 194 Å². The van der Waals surface area contributed by atoms with E-state index in [1.165, 1.54) is 187 Å². The van der Waals surface area contributed by atoms with Crippen molar-refractivity contribution >= 4 is 19.5 Å². The second-order valence-electron chi connectivity index (χ2n) is 14.8. The van der Waals surface area contributed by atoms with Crippen LogP contribution in [-0.4, -0.2) is 32.7 Å². The van der Waals surface area contributed by atoms with Crippen LogP contribution in [0.3, 0.4) is 0 Å². The van der Waals surface area contributed by atoms with Crippen LogP contribution >= 0.6 is 0 Å². The number of ether oxygens (including phenoxy) is 2. The van der Waals surface area contributed by atoms with Gasteiger partial charge in [-0.1, -0.05) is 181 Å². The average molecular weight is 998 g/mol. The van der Waals surface area contributed by atoms with Gasteiger partial charge in [0.05, 0.1) is 13.2 Å². The van der Waals surface area contributed by atoms with Crippen LogP contribution in [0.15, 0.2) is 48.5 Å². The van der Waals surface area contributed by atoms with Crippen LogP contribution in [0.5, 0.6) is 11.5 Å². The van der Waals surface area contributed by atoms with E-state index in [9.17, 15) is 16.9 Å². The predicted octanol–water partition coefficient (Wildman–Crippen LogP) is 13.7. The van der Waals surface area contributed by atoms with Crippen molar-refractivity contribution < 1.29 is 47.6 Å². The molecular weight excluding hydrogens is 923 g/mol. The Morgan fingerprint density at radius 1 is 0.352 bits per heavy atom. The molecule has 0 amide bonds. The first kappa shape index (κ1) is 51.2. The van der Waals surface area contributed by atoms with Crippen molar-refractivity contribution in [2.75, 3.05) is 13.2 Å². The minimum atomic E-state index is -11.2. The summed E-state index contributed by atoms with van der Waals surface area (Å²) in [5, 5.41) is 0. The molecule has 0 aliphatic heterocycles. The number of rotatable bonds is 34. The van der Waals surface area contributed by atoms with Crippen molar-refractivity contribution in [3.05, 3.63) is 55.7 Å². The van der Waals surface area contributed by atoms with Gasteiger partial charge in [-0.3, -0.25) is 0 Å². The summed E-state index contributed by atoms with van der Waals surface area (Å²) in [7, 11) is 0. The van der Waals surface area contributed by atoms with Crippen molar-refractivity contribution in [1.29, 1.82) is 0 Å². The van der Waals surface area contributed by atoms with Crippen LogP contribution in [0.4, 0.5) is 16.9 Å². The minimum absolute atomic E-state index is 0.178. The fraction of sp³-hybridized carbons (Fsp3) is 0.727. The zero-order chi connectivity index (χ0) is 39.7. The fourth-order valence-corrected chi connectivity index (χ4v) is 8.44. The van der Waals surface area contributed by atoms with Gasteiger partial charge in [0.25, 0.3) is 0 Å². The molecule has 0 aromatic heterocycles. The second kappa shape index (κ2) is 30.3. The molecule has 0 atom stereocenters. The predicted molar refractivity (Wildman–Crippen MR) is 214 cm³/mol. The molecule has 0 radical (unpaired) electrons. The molecule has 2 nitrogen and oxygen atoms in total. The monoisotopic (exact) mass is 996 g/mol. The summed E-state index contributed by atoms with van der Waals surface area (Å²) in [5.41, 5.74) is 0. The van der Waals surface area contributed by atoms with Crippen LogP contribution in [0.25, 0.3) is 0 Å². The first-order valence-electron chi connectivity index (χ1n) is 21.4. The van der Waals surface area contributed by atoms with E-state index in [1.807, 2.05) is 0 Å². The van der Waals surface area contributed by atoms with Gasteiger partial charge in [-0.15, -0.1) is 0 Å². The Balaban J connectivity index is 0.00000189. The molecule has 2 aromatic rings. The quantitative estimate of drug-likeness (QED) is 0.0301. The van der Waals surface area contributed by atoms with Gasteiger partial charge in [0.15, 0.2) is 7.14 Å². The Hall–Kier alpha value is -0.832. The molecule has 0 spiro atoms. The van der Waals surface area contributed by atoms with Crippen molar-refractivity contribution in [3.8, 4) is 11.5 Å². The molecule has 10 heteroatoms. The molecule has 2 rings (SSSR count). The summed E-state index contributed by atoms with van der Waals surface area (Å²) >= 11 is -11.4. The molecule has 0 heterocycles. The van der Waals surface area contributed by atoms with Crippen LogP contribution in [-0.2, 0) is 0 Å². The Morgan fingerprint density at radius 2 is 0.556 bits per heavy atom. The van der Waals surface area contributed by atoms with Crippen molar-refractivity contribution in [1.82, 2.24) is 0 Å². The molecule has 0 fully saturated rings. The molecular formula is C44H74F6IO2Sb. The normalized spacial score (nSPS) is 12.8. The third-order valence-electron chi connectivity index (χ3n) is 9.38. The van der Waals surface area contributed by atoms with Gasteiger partial charge in [-0.25, -0.2) is 0 Å². The van der Waals surface area contributed by atoms with Gasteiger partial charge in [-0.2, -0.15) is 0 Å². The second-order valence-corrected chi connectivity index (χ2v) is 23.4. The maximum absolute atomic E-state index is 11.2. The van der Waals surface area contributed by atoms with E-state index in [1.54, 1.807) is 0 Å². The average Bonchev–Trinajstić information content (AvgIpc) is 3.11. The zero-order valence-corrected chi connectivity index (χ0v) is 38.5. The Bertz CT molecular complexity index is 1040. The van der Waals surface area contributed by atoms with Crippen molar-refractivity contribution in [2.45, 2.75) is 194 Å². The van der Waals surface area contributed by atoms with Gasteiger partial charge in [0, 0.05) is 0 Å². The van der Waals surface area contributed by atoms with Crippen LogP contribution in [0.2, 0.25) is 0 Å². The van der Waals surface area contributed by atoms with E-state index >= 15 is 0 Å². The van der Waals surface area contributed by atoms with Crippen molar-refractivity contribution in [3.63, 3.8) is 0 Å². The summed E-state index contributed by atoms with van der Waals surface area (Å²) in [6.07, 6.45) is 39.0. The fourth-order valence-electron chi connectivity index (χ4n) is 6.29. The van der Waals surface area contributed by atoms with Crippen LogP contribution in [0, 0.1) is 7.14 Å². The Kier molecular flexibility index (Phi) is 28.7. The van der Waals surface area contributed by atoms with Gasteiger partial charge < -0.3 is 9.47 Å². The topological polar surface area (TPSA) is 18.5 Å². The molecule has 0 saturated heterocycles. The van der Waals surface area contributed by atoms with E-state index in [0.717, 1.165) is 24.7 Å². The SMILES string of the molecule is CCCCCCCCCCCCCCCCOc1ccc([I+]c2ccc(OCCCCCCCCCCCCCCCC)cc2)cc1.[F][Sb-]([F])([F])([F])([F])[F].